The highest BCUT2D eigenvalue weighted by Gasteiger charge is 2.21. The molecule has 1 aromatic heterocycles. The Hall–Kier alpha value is -1.20. The van der Waals surface area contributed by atoms with Crippen molar-refractivity contribution in [2.45, 2.75) is 26.3 Å². The summed E-state index contributed by atoms with van der Waals surface area (Å²) >= 11 is 3.41. The predicted octanol–water partition coefficient (Wildman–Crippen LogP) is 3.72. The van der Waals surface area contributed by atoms with Crippen molar-refractivity contribution in [3.8, 4) is 0 Å². The molecule has 0 saturated heterocycles. The highest BCUT2D eigenvalue weighted by atomic mass is 79.9. The van der Waals surface area contributed by atoms with Gasteiger partial charge in [0.1, 0.15) is 5.82 Å². The Morgan fingerprint density at radius 3 is 2.75 bits per heavy atom. The van der Waals surface area contributed by atoms with Gasteiger partial charge in [0.2, 0.25) is 0 Å². The summed E-state index contributed by atoms with van der Waals surface area (Å²) in [6.45, 7) is 4.87. The number of rotatable bonds is 5. The highest BCUT2D eigenvalue weighted by Crippen LogP contribution is 2.28. The summed E-state index contributed by atoms with van der Waals surface area (Å²) in [7, 11) is 1.88. The Balaban J connectivity index is 2.46. The fourth-order valence-corrected chi connectivity index (χ4v) is 2.69. The second-order valence-electron chi connectivity index (χ2n) is 4.90. The van der Waals surface area contributed by atoms with Crippen LogP contribution in [0.5, 0.6) is 0 Å². The van der Waals surface area contributed by atoms with Crippen molar-refractivity contribution < 1.29 is 4.39 Å². The minimum absolute atomic E-state index is 0.179. The van der Waals surface area contributed by atoms with Crippen molar-refractivity contribution in [3.05, 3.63) is 51.5 Å². The summed E-state index contributed by atoms with van der Waals surface area (Å²) < 4.78 is 16.8. The van der Waals surface area contributed by atoms with Gasteiger partial charge in [0.15, 0.2) is 0 Å². The molecule has 0 radical (unpaired) electrons. The van der Waals surface area contributed by atoms with Crippen LogP contribution < -0.4 is 5.32 Å². The van der Waals surface area contributed by atoms with Gasteiger partial charge in [-0.25, -0.2) is 4.39 Å². The number of nitrogens with one attached hydrogen (secondary N) is 1. The number of halogens is 2. The van der Waals surface area contributed by atoms with Crippen molar-refractivity contribution in [2.75, 3.05) is 6.54 Å². The number of aryl methyl sites for hydroxylation is 2. The molecule has 1 atom stereocenters. The third kappa shape index (κ3) is 3.27. The van der Waals surface area contributed by atoms with E-state index in [4.69, 9.17) is 0 Å². The second-order valence-corrected chi connectivity index (χ2v) is 5.81. The lowest BCUT2D eigenvalue weighted by atomic mass is 9.98. The van der Waals surface area contributed by atoms with Crippen molar-refractivity contribution in [1.82, 2.24) is 15.1 Å². The Morgan fingerprint density at radius 1 is 1.40 bits per heavy atom. The zero-order chi connectivity index (χ0) is 14.7. The molecular formula is C15H19BrFN3. The molecule has 0 aliphatic rings. The number of benzene rings is 1. The monoisotopic (exact) mass is 339 g/mol. The third-order valence-corrected chi connectivity index (χ3v) is 3.72. The van der Waals surface area contributed by atoms with Gasteiger partial charge in [0.25, 0.3) is 0 Å². The van der Waals surface area contributed by atoms with Gasteiger partial charge < -0.3 is 5.32 Å². The zero-order valence-electron chi connectivity index (χ0n) is 12.0. The van der Waals surface area contributed by atoms with Crippen molar-refractivity contribution in [3.63, 3.8) is 0 Å². The van der Waals surface area contributed by atoms with Crippen LogP contribution in [0.3, 0.4) is 0 Å². The quantitative estimate of drug-likeness (QED) is 0.899. The molecular weight excluding hydrogens is 321 g/mol. The molecule has 1 N–H and O–H groups in total. The van der Waals surface area contributed by atoms with E-state index in [2.05, 4.69) is 33.3 Å². The predicted molar refractivity (Wildman–Crippen MR) is 82.2 cm³/mol. The molecule has 1 heterocycles. The van der Waals surface area contributed by atoms with Gasteiger partial charge in [-0.1, -0.05) is 22.9 Å². The molecule has 20 heavy (non-hydrogen) atoms. The number of nitrogens with zero attached hydrogens (tertiary/aromatic N) is 2. The van der Waals surface area contributed by atoms with Crippen LogP contribution in [-0.2, 0) is 7.05 Å². The fraction of sp³-hybridized carbons (Fsp3) is 0.400. The van der Waals surface area contributed by atoms with E-state index >= 15 is 0 Å². The van der Waals surface area contributed by atoms with Crippen LogP contribution in [0.2, 0.25) is 0 Å². The lowest BCUT2D eigenvalue weighted by Crippen LogP contribution is -2.24. The van der Waals surface area contributed by atoms with E-state index in [0.29, 0.717) is 5.56 Å². The largest absolute Gasteiger partial charge is 0.306 e. The van der Waals surface area contributed by atoms with E-state index in [9.17, 15) is 4.39 Å². The summed E-state index contributed by atoms with van der Waals surface area (Å²) in [4.78, 5) is 0. The van der Waals surface area contributed by atoms with Gasteiger partial charge >= 0.3 is 0 Å². The smallest absolute Gasteiger partial charge is 0.128 e. The molecule has 0 saturated carbocycles. The van der Waals surface area contributed by atoms with Crippen LogP contribution in [0.25, 0.3) is 0 Å². The summed E-state index contributed by atoms with van der Waals surface area (Å²) in [5.74, 6) is -0.204. The van der Waals surface area contributed by atoms with Gasteiger partial charge in [-0.3, -0.25) is 4.68 Å². The molecule has 2 rings (SSSR count). The van der Waals surface area contributed by atoms with E-state index in [1.165, 1.54) is 6.07 Å². The molecule has 3 nitrogen and oxygen atoms in total. The first-order valence-electron chi connectivity index (χ1n) is 6.71. The standard InChI is InChI=1S/C15H19BrFN3/c1-4-7-18-15(13-9-20(3)19-10(13)2)12-8-11(16)5-6-14(12)17/h5-6,8-9,15,18H,4,7H2,1-3H3. The van der Waals surface area contributed by atoms with E-state index in [-0.39, 0.29) is 11.9 Å². The Morgan fingerprint density at radius 2 is 2.15 bits per heavy atom. The average Bonchev–Trinajstić information content (AvgIpc) is 2.73. The van der Waals surface area contributed by atoms with Crippen LogP contribution in [0.15, 0.2) is 28.9 Å². The molecule has 0 aliphatic carbocycles. The van der Waals surface area contributed by atoms with Crippen molar-refractivity contribution in [2.24, 2.45) is 7.05 Å². The van der Waals surface area contributed by atoms with Gasteiger partial charge in [0.05, 0.1) is 11.7 Å². The van der Waals surface area contributed by atoms with Crippen LogP contribution in [0.1, 0.15) is 36.2 Å². The maximum Gasteiger partial charge on any atom is 0.128 e. The zero-order valence-corrected chi connectivity index (χ0v) is 13.5. The Labute approximate surface area is 127 Å². The van der Waals surface area contributed by atoms with E-state index in [0.717, 1.165) is 28.7 Å². The number of hydrogen-bond acceptors (Lipinski definition) is 2. The molecule has 0 bridgehead atoms. The van der Waals surface area contributed by atoms with Gasteiger partial charge in [-0.2, -0.15) is 5.10 Å². The number of hydrogen-bond donors (Lipinski definition) is 1. The number of aromatic nitrogens is 2. The van der Waals surface area contributed by atoms with E-state index < -0.39 is 0 Å². The molecule has 1 unspecified atom stereocenters. The molecule has 0 amide bonds. The van der Waals surface area contributed by atoms with Crippen LogP contribution in [-0.4, -0.2) is 16.3 Å². The lowest BCUT2D eigenvalue weighted by molar-refractivity contribution is 0.545. The summed E-state index contributed by atoms with van der Waals surface area (Å²) in [6, 6.07) is 4.85. The SMILES string of the molecule is CCCNC(c1cc(Br)ccc1F)c1cn(C)nc1C. The minimum atomic E-state index is -0.204. The third-order valence-electron chi connectivity index (χ3n) is 3.23. The molecule has 0 fully saturated rings. The second kappa shape index (κ2) is 6.50. The molecule has 5 heteroatoms. The molecule has 1 aromatic carbocycles. The maximum atomic E-state index is 14.2. The van der Waals surface area contributed by atoms with Gasteiger partial charge in [-0.15, -0.1) is 0 Å². The highest BCUT2D eigenvalue weighted by molar-refractivity contribution is 9.10. The molecule has 0 spiro atoms. The van der Waals surface area contributed by atoms with E-state index in [1.807, 2.05) is 26.2 Å². The van der Waals surface area contributed by atoms with Crippen molar-refractivity contribution >= 4 is 15.9 Å². The lowest BCUT2D eigenvalue weighted by Gasteiger charge is -2.19. The van der Waals surface area contributed by atoms with Crippen molar-refractivity contribution in [1.29, 1.82) is 0 Å². The van der Waals surface area contributed by atoms with Gasteiger partial charge in [0, 0.05) is 28.8 Å². The van der Waals surface area contributed by atoms with Crippen LogP contribution in [0.4, 0.5) is 4.39 Å². The first-order valence-corrected chi connectivity index (χ1v) is 7.50. The normalized spacial score (nSPS) is 12.7. The molecule has 0 aliphatic heterocycles. The topological polar surface area (TPSA) is 29.9 Å². The molecule has 108 valence electrons. The summed E-state index contributed by atoms with van der Waals surface area (Å²) in [5, 5.41) is 7.77. The fourth-order valence-electron chi connectivity index (χ4n) is 2.31. The van der Waals surface area contributed by atoms with Crippen LogP contribution >= 0.6 is 15.9 Å². The van der Waals surface area contributed by atoms with Gasteiger partial charge in [-0.05, 0) is 38.1 Å². The average molecular weight is 340 g/mol. The van der Waals surface area contributed by atoms with Crippen LogP contribution in [0, 0.1) is 12.7 Å². The Bertz CT molecular complexity index is 595. The van der Waals surface area contributed by atoms with E-state index in [1.54, 1.807) is 10.7 Å². The molecule has 2 aromatic rings. The summed E-state index contributed by atoms with van der Waals surface area (Å²) in [5.41, 5.74) is 2.57. The summed E-state index contributed by atoms with van der Waals surface area (Å²) in [6.07, 6.45) is 2.94. The first kappa shape index (κ1) is 15.2. The Kier molecular flexibility index (Phi) is 4.94. The first-order chi connectivity index (χ1) is 9.52. The minimum Gasteiger partial charge on any atom is -0.306 e. The maximum absolute atomic E-state index is 14.2.